The number of likely N-dealkylation sites (tertiary alicyclic amines) is 1. The summed E-state index contributed by atoms with van der Waals surface area (Å²) >= 11 is 0. The van der Waals surface area contributed by atoms with E-state index in [0.717, 1.165) is 0 Å². The van der Waals surface area contributed by atoms with E-state index in [4.69, 9.17) is 4.74 Å². The van der Waals surface area contributed by atoms with Crippen LogP contribution in [0.1, 0.15) is 18.0 Å². The third kappa shape index (κ3) is 3.62. The fourth-order valence-corrected chi connectivity index (χ4v) is 3.10. The first-order valence-electron chi connectivity index (χ1n) is 7.85. The number of hydrogen-bond acceptors (Lipinski definition) is 4. The lowest BCUT2D eigenvalue weighted by Crippen LogP contribution is -2.33. The summed E-state index contributed by atoms with van der Waals surface area (Å²) < 4.78 is 20.2. The number of aryl methyl sites for hydroxylation is 1. The molecule has 1 saturated heterocycles. The van der Waals surface area contributed by atoms with Crippen molar-refractivity contribution in [1.82, 2.24) is 14.7 Å². The van der Waals surface area contributed by atoms with E-state index < -0.39 is 23.7 Å². The van der Waals surface area contributed by atoms with E-state index in [2.05, 4.69) is 5.10 Å². The van der Waals surface area contributed by atoms with Crippen LogP contribution < -0.4 is 4.74 Å². The van der Waals surface area contributed by atoms with Crippen LogP contribution in [0.25, 0.3) is 0 Å². The Kier molecular flexibility index (Phi) is 4.69. The summed E-state index contributed by atoms with van der Waals surface area (Å²) in [4.78, 5) is 25.3. The minimum absolute atomic E-state index is 0.0607. The lowest BCUT2D eigenvalue weighted by Gasteiger charge is -2.26. The number of rotatable bonds is 6. The van der Waals surface area contributed by atoms with Crippen molar-refractivity contribution in [3.8, 4) is 5.75 Å². The number of hydrogen-bond donors (Lipinski definition) is 1. The van der Waals surface area contributed by atoms with E-state index in [1.165, 1.54) is 23.1 Å². The van der Waals surface area contributed by atoms with E-state index in [9.17, 15) is 19.1 Å². The highest BCUT2D eigenvalue weighted by atomic mass is 19.1. The molecule has 0 bridgehead atoms. The van der Waals surface area contributed by atoms with Crippen molar-refractivity contribution in [2.45, 2.75) is 12.5 Å². The van der Waals surface area contributed by atoms with Gasteiger partial charge >= 0.3 is 5.97 Å². The summed E-state index contributed by atoms with van der Waals surface area (Å²) in [7, 11) is 1.73. The number of halogens is 1. The van der Waals surface area contributed by atoms with E-state index in [0.29, 0.717) is 11.3 Å². The van der Waals surface area contributed by atoms with Crippen LogP contribution in [0.4, 0.5) is 4.39 Å². The molecule has 1 aromatic carbocycles. The molecule has 8 heteroatoms. The lowest BCUT2D eigenvalue weighted by molar-refractivity contribution is -0.142. The molecule has 2 aromatic rings. The number of carbonyl (C=O) groups is 2. The summed E-state index contributed by atoms with van der Waals surface area (Å²) in [6, 6.07) is 5.13. The van der Waals surface area contributed by atoms with Crippen LogP contribution in [-0.2, 0) is 16.6 Å². The van der Waals surface area contributed by atoms with Crippen LogP contribution >= 0.6 is 0 Å². The van der Waals surface area contributed by atoms with Crippen molar-refractivity contribution >= 4 is 11.9 Å². The van der Waals surface area contributed by atoms with E-state index in [1.54, 1.807) is 30.2 Å². The number of aliphatic carboxylic acids is 1. The Hall–Kier alpha value is -2.90. The molecule has 0 aliphatic carbocycles. The normalized spacial score (nSPS) is 20.1. The van der Waals surface area contributed by atoms with Gasteiger partial charge in [0.1, 0.15) is 18.2 Å². The number of nitrogens with zero attached hydrogens (tertiary/aromatic N) is 3. The van der Waals surface area contributed by atoms with E-state index in [1.807, 2.05) is 0 Å². The summed E-state index contributed by atoms with van der Waals surface area (Å²) in [5, 5.41) is 13.5. The molecule has 2 heterocycles. The molecule has 1 N–H and O–H groups in total. The smallest absolute Gasteiger partial charge is 0.309 e. The molecule has 2 atom stereocenters. The van der Waals surface area contributed by atoms with Gasteiger partial charge < -0.3 is 14.7 Å². The molecule has 7 nitrogen and oxygen atoms in total. The number of carbonyl (C=O) groups excluding carboxylic acids is 1. The van der Waals surface area contributed by atoms with Crippen LogP contribution in [-0.4, -0.2) is 44.8 Å². The number of amides is 1. The van der Waals surface area contributed by atoms with Gasteiger partial charge in [0.25, 0.3) is 0 Å². The number of benzene rings is 1. The second-order valence-electron chi connectivity index (χ2n) is 5.93. The first kappa shape index (κ1) is 16.9. The van der Waals surface area contributed by atoms with Gasteiger partial charge in [-0.25, -0.2) is 4.39 Å². The van der Waals surface area contributed by atoms with Gasteiger partial charge in [-0.05, 0) is 12.1 Å². The van der Waals surface area contributed by atoms with Gasteiger partial charge in [-0.2, -0.15) is 5.10 Å². The summed E-state index contributed by atoms with van der Waals surface area (Å²) in [5.41, 5.74) is 0.673. The largest absolute Gasteiger partial charge is 0.492 e. The molecular formula is C17H18FN3O4. The fourth-order valence-electron chi connectivity index (χ4n) is 3.10. The van der Waals surface area contributed by atoms with Crippen LogP contribution in [0.3, 0.4) is 0 Å². The summed E-state index contributed by atoms with van der Waals surface area (Å²) in [6.45, 7) is 0.344. The van der Waals surface area contributed by atoms with Crippen molar-refractivity contribution in [2.75, 3.05) is 13.2 Å². The monoisotopic (exact) mass is 347 g/mol. The molecule has 1 aliphatic rings. The number of ether oxygens (including phenoxy) is 1. The average Bonchev–Trinajstić information content (AvgIpc) is 3.11. The molecule has 25 heavy (non-hydrogen) atoms. The van der Waals surface area contributed by atoms with Crippen molar-refractivity contribution in [3.63, 3.8) is 0 Å². The molecule has 3 rings (SSSR count). The van der Waals surface area contributed by atoms with Gasteiger partial charge in [0.05, 0.1) is 24.7 Å². The van der Waals surface area contributed by atoms with Gasteiger partial charge in [-0.3, -0.25) is 14.3 Å². The van der Waals surface area contributed by atoms with E-state index in [-0.39, 0.29) is 25.5 Å². The Bertz CT molecular complexity index is 792. The zero-order chi connectivity index (χ0) is 18.0. The highest BCUT2D eigenvalue weighted by molar-refractivity contribution is 5.87. The topological polar surface area (TPSA) is 84.7 Å². The van der Waals surface area contributed by atoms with Crippen LogP contribution in [0.15, 0.2) is 36.7 Å². The van der Waals surface area contributed by atoms with Crippen LogP contribution in [0.2, 0.25) is 0 Å². The number of carboxylic acids is 1. The zero-order valence-corrected chi connectivity index (χ0v) is 13.6. The minimum atomic E-state index is -1.02. The molecular weight excluding hydrogens is 329 g/mol. The van der Waals surface area contributed by atoms with Crippen LogP contribution in [0, 0.1) is 11.7 Å². The zero-order valence-electron chi connectivity index (χ0n) is 13.6. The maximum Gasteiger partial charge on any atom is 0.309 e. The second kappa shape index (κ2) is 6.92. The Morgan fingerprint density at radius 1 is 1.48 bits per heavy atom. The molecule has 1 aromatic heterocycles. The molecule has 1 amide bonds. The lowest BCUT2D eigenvalue weighted by atomic mass is 9.96. The highest BCUT2D eigenvalue weighted by Gasteiger charge is 2.45. The Labute approximate surface area is 143 Å². The predicted molar refractivity (Wildman–Crippen MR) is 85.3 cm³/mol. The Morgan fingerprint density at radius 3 is 2.92 bits per heavy atom. The molecule has 0 unspecified atom stereocenters. The van der Waals surface area contributed by atoms with Crippen molar-refractivity contribution < 1.29 is 23.8 Å². The van der Waals surface area contributed by atoms with Gasteiger partial charge in [0, 0.05) is 31.3 Å². The van der Waals surface area contributed by atoms with Crippen LogP contribution in [0.5, 0.6) is 5.75 Å². The Balaban J connectivity index is 1.73. The molecule has 0 saturated carbocycles. The highest BCUT2D eigenvalue weighted by Crippen LogP contribution is 2.37. The van der Waals surface area contributed by atoms with Gasteiger partial charge in [0.15, 0.2) is 0 Å². The van der Waals surface area contributed by atoms with Crippen molar-refractivity contribution in [1.29, 1.82) is 0 Å². The Morgan fingerprint density at radius 2 is 2.28 bits per heavy atom. The maximum atomic E-state index is 13.2. The molecule has 132 valence electrons. The second-order valence-corrected chi connectivity index (χ2v) is 5.93. The fraction of sp³-hybridized carbons (Fsp3) is 0.353. The summed E-state index contributed by atoms with van der Waals surface area (Å²) in [6.07, 6.45) is 3.22. The first-order chi connectivity index (χ1) is 12.0. The van der Waals surface area contributed by atoms with Crippen molar-refractivity contribution in [3.05, 3.63) is 48.0 Å². The minimum Gasteiger partial charge on any atom is -0.492 e. The molecule has 1 aliphatic heterocycles. The standard InChI is InChI=1S/C17H18FN3O4/c1-20-10-11(9-19-20)16-14(17(23)24)8-15(22)21(16)5-6-25-13-4-2-3-12(18)7-13/h2-4,7,9-10,14,16H,5-6,8H2,1H3,(H,23,24)/t14-,16+/m0/s1. The third-order valence-corrected chi connectivity index (χ3v) is 4.21. The maximum absolute atomic E-state index is 13.2. The summed E-state index contributed by atoms with van der Waals surface area (Å²) in [5.74, 6) is -2.14. The van der Waals surface area contributed by atoms with Crippen molar-refractivity contribution in [2.24, 2.45) is 13.0 Å². The van der Waals surface area contributed by atoms with Gasteiger partial charge in [0.2, 0.25) is 5.91 Å². The van der Waals surface area contributed by atoms with E-state index >= 15 is 0 Å². The molecule has 0 radical (unpaired) electrons. The molecule has 1 fully saturated rings. The third-order valence-electron chi connectivity index (χ3n) is 4.21. The molecule has 0 spiro atoms. The number of carboxylic acid groups (broad SMARTS) is 1. The number of aromatic nitrogens is 2. The SMILES string of the molecule is Cn1cc([C@@H]2[C@@H](C(=O)O)CC(=O)N2CCOc2cccc(F)c2)cn1. The predicted octanol–water partition coefficient (Wildman–Crippen LogP) is 1.61. The van der Waals surface area contributed by atoms with Gasteiger partial charge in [-0.15, -0.1) is 0 Å². The first-order valence-corrected chi connectivity index (χ1v) is 7.85. The quantitative estimate of drug-likeness (QED) is 0.858. The van der Waals surface area contributed by atoms with Gasteiger partial charge in [-0.1, -0.05) is 6.07 Å². The average molecular weight is 347 g/mol.